The van der Waals surface area contributed by atoms with Crippen LogP contribution in [0.1, 0.15) is 24.9 Å². The Kier molecular flexibility index (Phi) is 6.86. The normalized spacial score (nSPS) is 19.1. The lowest BCUT2D eigenvalue weighted by Gasteiger charge is -2.20. The zero-order valence-electron chi connectivity index (χ0n) is 16.4. The second kappa shape index (κ2) is 9.36. The maximum Gasteiger partial charge on any atom is 0.240 e. The lowest BCUT2D eigenvalue weighted by atomic mass is 9.95. The molecule has 1 amide bonds. The van der Waals surface area contributed by atoms with Crippen molar-refractivity contribution in [3.05, 3.63) is 54.1 Å². The van der Waals surface area contributed by atoms with Gasteiger partial charge in [0.15, 0.2) is 0 Å². The Balaban J connectivity index is 1.65. The van der Waals surface area contributed by atoms with E-state index in [-0.39, 0.29) is 29.3 Å². The third kappa shape index (κ3) is 5.33. The number of anilines is 1. The minimum absolute atomic E-state index is 0.0278. The van der Waals surface area contributed by atoms with E-state index in [1.165, 1.54) is 12.1 Å². The topological polar surface area (TPSA) is 109 Å². The summed E-state index contributed by atoms with van der Waals surface area (Å²) in [6, 6.07) is 13.8. The van der Waals surface area contributed by atoms with Gasteiger partial charge in [0.2, 0.25) is 15.9 Å². The van der Waals surface area contributed by atoms with Gasteiger partial charge in [0.25, 0.3) is 0 Å². The average molecular weight is 419 g/mol. The van der Waals surface area contributed by atoms with Crippen molar-refractivity contribution in [3.8, 4) is 5.75 Å². The molecule has 2 aromatic rings. The van der Waals surface area contributed by atoms with Crippen LogP contribution in [0.3, 0.4) is 0 Å². The summed E-state index contributed by atoms with van der Waals surface area (Å²) >= 11 is 0. The third-order valence-electron chi connectivity index (χ3n) is 4.85. The van der Waals surface area contributed by atoms with Gasteiger partial charge in [-0.1, -0.05) is 19.1 Å². The van der Waals surface area contributed by atoms with Crippen molar-refractivity contribution in [2.45, 2.75) is 24.3 Å². The van der Waals surface area contributed by atoms with E-state index in [2.05, 4.69) is 20.9 Å². The summed E-state index contributed by atoms with van der Waals surface area (Å²) in [6.07, 6.45) is 0.361. The molecule has 29 heavy (non-hydrogen) atoms. The van der Waals surface area contributed by atoms with Gasteiger partial charge in [0.1, 0.15) is 5.75 Å². The molecule has 1 heterocycles. The van der Waals surface area contributed by atoms with Crippen LogP contribution in [-0.2, 0) is 14.8 Å². The van der Waals surface area contributed by atoms with E-state index in [9.17, 15) is 13.2 Å². The number of ether oxygens (including phenoxy) is 1. The number of benzene rings is 2. The molecule has 0 spiro atoms. The Morgan fingerprint density at radius 2 is 1.97 bits per heavy atom. The molecule has 8 nitrogen and oxygen atoms in total. The predicted octanol–water partition coefficient (Wildman–Crippen LogP) is 1.79. The van der Waals surface area contributed by atoms with Crippen LogP contribution in [0.5, 0.6) is 5.75 Å². The van der Waals surface area contributed by atoms with E-state index in [4.69, 9.17) is 4.74 Å². The van der Waals surface area contributed by atoms with Crippen molar-refractivity contribution in [2.24, 2.45) is 5.92 Å². The molecular weight excluding hydrogens is 392 g/mol. The van der Waals surface area contributed by atoms with Crippen LogP contribution >= 0.6 is 0 Å². The van der Waals surface area contributed by atoms with Gasteiger partial charge < -0.3 is 10.1 Å². The number of carbonyl (C=O) groups excluding carboxylic acids is 1. The van der Waals surface area contributed by atoms with Gasteiger partial charge in [0.05, 0.1) is 18.0 Å². The molecule has 1 aliphatic heterocycles. The fourth-order valence-electron chi connectivity index (χ4n) is 3.18. The van der Waals surface area contributed by atoms with Crippen LogP contribution in [0, 0.1) is 5.92 Å². The SMILES string of the molecule is CCC(=O)Nc1ccc(S(=O)(=O)NCC2CNNC2c2cccc(OC)c2)cc1. The third-order valence-corrected chi connectivity index (χ3v) is 6.29. The van der Waals surface area contributed by atoms with Crippen molar-refractivity contribution in [3.63, 3.8) is 0 Å². The Labute approximate surface area is 171 Å². The molecule has 0 saturated carbocycles. The molecule has 3 rings (SSSR count). The summed E-state index contributed by atoms with van der Waals surface area (Å²) in [5.41, 5.74) is 7.89. The highest BCUT2D eigenvalue weighted by Crippen LogP contribution is 2.27. The molecule has 2 aromatic carbocycles. The number of rotatable bonds is 8. The second-order valence-corrected chi connectivity index (χ2v) is 8.58. The first-order valence-corrected chi connectivity index (χ1v) is 10.9. The fourth-order valence-corrected chi connectivity index (χ4v) is 4.28. The molecule has 4 N–H and O–H groups in total. The summed E-state index contributed by atoms with van der Waals surface area (Å²) in [7, 11) is -2.04. The first-order valence-electron chi connectivity index (χ1n) is 9.45. The van der Waals surface area contributed by atoms with Crippen LogP contribution < -0.4 is 25.6 Å². The zero-order chi connectivity index (χ0) is 20.9. The monoisotopic (exact) mass is 418 g/mol. The van der Waals surface area contributed by atoms with Gasteiger partial charge in [-0.15, -0.1) is 0 Å². The predicted molar refractivity (Wildman–Crippen MR) is 111 cm³/mol. The van der Waals surface area contributed by atoms with Gasteiger partial charge in [-0.05, 0) is 42.0 Å². The van der Waals surface area contributed by atoms with Crippen LogP contribution in [0.4, 0.5) is 5.69 Å². The Morgan fingerprint density at radius 3 is 2.66 bits per heavy atom. The summed E-state index contributed by atoms with van der Waals surface area (Å²) in [5, 5.41) is 2.70. The number of amides is 1. The number of sulfonamides is 1. The molecule has 0 bridgehead atoms. The largest absolute Gasteiger partial charge is 0.497 e. The minimum atomic E-state index is -3.66. The number of hydrogen-bond donors (Lipinski definition) is 4. The van der Waals surface area contributed by atoms with Gasteiger partial charge in [-0.25, -0.2) is 18.6 Å². The molecule has 1 saturated heterocycles. The number of carbonyl (C=O) groups is 1. The average Bonchev–Trinajstić information content (AvgIpc) is 3.21. The molecule has 0 aliphatic carbocycles. The first kappa shape index (κ1) is 21.3. The summed E-state index contributed by atoms with van der Waals surface area (Å²) < 4.78 is 33.3. The smallest absolute Gasteiger partial charge is 0.240 e. The Bertz CT molecular complexity index is 947. The summed E-state index contributed by atoms with van der Waals surface area (Å²) in [6.45, 7) is 2.66. The summed E-state index contributed by atoms with van der Waals surface area (Å²) in [5.74, 6) is 0.661. The maximum absolute atomic E-state index is 12.7. The quantitative estimate of drug-likeness (QED) is 0.521. The van der Waals surface area contributed by atoms with Crippen LogP contribution in [0.25, 0.3) is 0 Å². The zero-order valence-corrected chi connectivity index (χ0v) is 17.3. The minimum Gasteiger partial charge on any atom is -0.497 e. The fraction of sp³-hybridized carbons (Fsp3) is 0.350. The summed E-state index contributed by atoms with van der Waals surface area (Å²) in [4.78, 5) is 11.6. The van der Waals surface area contributed by atoms with Gasteiger partial charge in [-0.3, -0.25) is 10.2 Å². The molecule has 0 radical (unpaired) electrons. The Morgan fingerprint density at radius 1 is 1.21 bits per heavy atom. The van der Waals surface area contributed by atoms with E-state index >= 15 is 0 Å². The van der Waals surface area contributed by atoms with Crippen LogP contribution in [0.15, 0.2) is 53.4 Å². The van der Waals surface area contributed by atoms with Crippen molar-refractivity contribution >= 4 is 21.6 Å². The number of hydrazine groups is 1. The van der Waals surface area contributed by atoms with Gasteiger partial charge in [-0.2, -0.15) is 0 Å². The Hall–Kier alpha value is -2.46. The molecule has 0 aromatic heterocycles. The van der Waals surface area contributed by atoms with Crippen molar-refractivity contribution in [1.82, 2.24) is 15.6 Å². The van der Waals surface area contributed by atoms with E-state index in [1.54, 1.807) is 26.2 Å². The highest BCUT2D eigenvalue weighted by molar-refractivity contribution is 7.89. The van der Waals surface area contributed by atoms with Crippen molar-refractivity contribution in [2.75, 3.05) is 25.5 Å². The first-order chi connectivity index (χ1) is 13.9. The van der Waals surface area contributed by atoms with Crippen molar-refractivity contribution < 1.29 is 17.9 Å². The molecular formula is C20H26N4O4S. The maximum atomic E-state index is 12.7. The lowest BCUT2D eigenvalue weighted by Crippen LogP contribution is -2.32. The van der Waals surface area contributed by atoms with Crippen LogP contribution in [-0.4, -0.2) is 34.5 Å². The molecule has 1 fully saturated rings. The molecule has 2 unspecified atom stereocenters. The molecule has 156 valence electrons. The standard InChI is InChI=1S/C20H26N4O4S/c1-3-19(25)23-16-7-9-18(10-8-16)29(26,27)22-13-15-12-21-24-20(15)14-5-4-6-17(11-14)28-2/h4-11,15,20-22,24H,3,12-13H2,1-2H3,(H,23,25). The molecule has 1 aliphatic rings. The van der Waals surface area contributed by atoms with E-state index in [0.717, 1.165) is 11.3 Å². The van der Waals surface area contributed by atoms with Crippen LogP contribution in [0.2, 0.25) is 0 Å². The lowest BCUT2D eigenvalue weighted by molar-refractivity contribution is -0.115. The highest BCUT2D eigenvalue weighted by Gasteiger charge is 2.29. The molecule has 9 heteroatoms. The number of nitrogens with one attached hydrogen (secondary N) is 4. The van der Waals surface area contributed by atoms with Gasteiger partial charge in [0, 0.05) is 31.1 Å². The number of methoxy groups -OCH3 is 1. The van der Waals surface area contributed by atoms with Crippen molar-refractivity contribution in [1.29, 1.82) is 0 Å². The molecule has 2 atom stereocenters. The highest BCUT2D eigenvalue weighted by atomic mass is 32.2. The second-order valence-electron chi connectivity index (χ2n) is 6.82. The van der Waals surface area contributed by atoms with Gasteiger partial charge >= 0.3 is 0 Å². The van der Waals surface area contributed by atoms with E-state index in [0.29, 0.717) is 18.7 Å². The van der Waals surface area contributed by atoms with E-state index < -0.39 is 10.0 Å². The van der Waals surface area contributed by atoms with E-state index in [1.807, 2.05) is 24.3 Å². The number of hydrogen-bond acceptors (Lipinski definition) is 6.